The summed E-state index contributed by atoms with van der Waals surface area (Å²) < 4.78 is 6.28. The minimum atomic E-state index is -1.61. The summed E-state index contributed by atoms with van der Waals surface area (Å²) in [6.45, 7) is 11.6. The van der Waals surface area contributed by atoms with Crippen LogP contribution in [0, 0.1) is 31.1 Å². The van der Waals surface area contributed by atoms with Crippen LogP contribution in [0.3, 0.4) is 0 Å². The topological polar surface area (TPSA) is 44.1 Å². The van der Waals surface area contributed by atoms with E-state index in [1.807, 2.05) is 18.1 Å². The maximum Gasteiger partial charge on any atom is 0.281 e. The second-order valence-electron chi connectivity index (χ2n) is 9.90. The van der Waals surface area contributed by atoms with Crippen LogP contribution >= 0.6 is 11.8 Å². The van der Waals surface area contributed by atoms with E-state index in [9.17, 15) is 5.26 Å². The lowest BCUT2D eigenvalue weighted by Crippen LogP contribution is -2.39. The number of rotatable bonds is 1. The zero-order valence-corrected chi connectivity index (χ0v) is 20.6. The molecule has 0 saturated heterocycles. The molecule has 0 spiro atoms. The van der Waals surface area contributed by atoms with Crippen LogP contribution in [0.2, 0.25) is 19.6 Å². The van der Waals surface area contributed by atoms with E-state index >= 15 is 0 Å². The normalized spacial score (nSPS) is 22.0. The molecular formula is C25H25N4SSi+. The quantitative estimate of drug-likeness (QED) is 0.369. The number of benzene rings is 2. The van der Waals surface area contributed by atoms with Crippen LogP contribution in [-0.4, -0.2) is 41.7 Å². The Hall–Kier alpha value is -2.62. The third-order valence-electron chi connectivity index (χ3n) is 7.08. The summed E-state index contributed by atoms with van der Waals surface area (Å²) in [6.07, 6.45) is 2.01. The lowest BCUT2D eigenvalue weighted by Gasteiger charge is -2.31. The first kappa shape index (κ1) is 19.1. The van der Waals surface area contributed by atoms with E-state index in [1.54, 1.807) is 0 Å². The molecule has 0 amide bonds. The molecule has 1 aromatic heterocycles. The van der Waals surface area contributed by atoms with Crippen LogP contribution in [0.15, 0.2) is 33.8 Å². The Balaban J connectivity index is 1.97. The summed E-state index contributed by atoms with van der Waals surface area (Å²) in [5.41, 5.74) is 9.61. The third-order valence-corrected chi connectivity index (χ3v) is 12.0. The van der Waals surface area contributed by atoms with E-state index in [-0.39, 0.29) is 11.3 Å². The Morgan fingerprint density at radius 3 is 2.61 bits per heavy atom. The van der Waals surface area contributed by atoms with Crippen molar-refractivity contribution < 1.29 is 4.58 Å². The van der Waals surface area contributed by atoms with E-state index in [0.717, 1.165) is 16.5 Å². The molecule has 3 aliphatic heterocycles. The van der Waals surface area contributed by atoms with Crippen molar-refractivity contribution in [3.8, 4) is 6.07 Å². The maximum atomic E-state index is 10.2. The highest BCUT2D eigenvalue weighted by Crippen LogP contribution is 2.56. The third kappa shape index (κ3) is 2.21. The maximum absolute atomic E-state index is 10.2. The van der Waals surface area contributed by atoms with Crippen LogP contribution < -0.4 is 0 Å². The molecule has 0 fully saturated rings. The molecule has 31 heavy (non-hydrogen) atoms. The molecule has 0 bridgehead atoms. The average Bonchev–Trinajstić information content (AvgIpc) is 3.27. The molecule has 2 unspecified atom stereocenters. The van der Waals surface area contributed by atoms with Gasteiger partial charge in [0.1, 0.15) is 17.7 Å². The van der Waals surface area contributed by atoms with Gasteiger partial charge in [-0.25, -0.2) is 4.58 Å². The Morgan fingerprint density at radius 1 is 1.16 bits per heavy atom. The van der Waals surface area contributed by atoms with Gasteiger partial charge < -0.3 is 4.57 Å². The SMILES string of the molecule is Cc1c(C)c2c3c(c1C#N)c1ccccc1n3C1=C([Si](C)(C)C)SC3N=C[N+](C)=C2C13. The molecule has 4 heterocycles. The molecule has 2 aromatic carbocycles. The zero-order chi connectivity index (χ0) is 21.8. The lowest BCUT2D eigenvalue weighted by atomic mass is 9.83. The summed E-state index contributed by atoms with van der Waals surface area (Å²) >= 11 is 1.98. The Labute approximate surface area is 187 Å². The first-order valence-electron chi connectivity index (χ1n) is 10.8. The van der Waals surface area contributed by atoms with Gasteiger partial charge in [0.25, 0.3) is 6.34 Å². The Kier molecular flexibility index (Phi) is 3.69. The molecule has 4 nitrogen and oxygen atoms in total. The van der Waals surface area contributed by atoms with Gasteiger partial charge in [0.2, 0.25) is 5.37 Å². The highest BCUT2D eigenvalue weighted by Gasteiger charge is 2.53. The smallest absolute Gasteiger partial charge is 0.281 e. The Bertz CT molecular complexity index is 1490. The molecule has 0 N–H and O–H groups in total. The molecule has 2 atom stereocenters. The monoisotopic (exact) mass is 441 g/mol. The van der Waals surface area contributed by atoms with Crippen LogP contribution in [-0.2, 0) is 0 Å². The van der Waals surface area contributed by atoms with Gasteiger partial charge in [-0.1, -0.05) is 54.6 Å². The van der Waals surface area contributed by atoms with E-state index in [2.05, 4.69) is 80.0 Å². The van der Waals surface area contributed by atoms with Crippen molar-refractivity contribution >= 4 is 59.4 Å². The Morgan fingerprint density at radius 2 is 1.90 bits per heavy atom. The number of fused-ring (bicyclic) bond motifs is 5. The lowest BCUT2D eigenvalue weighted by molar-refractivity contribution is -0.364. The van der Waals surface area contributed by atoms with Gasteiger partial charge in [-0.15, -0.1) is 0 Å². The van der Waals surface area contributed by atoms with E-state index in [1.165, 1.54) is 43.5 Å². The van der Waals surface area contributed by atoms with Crippen molar-refractivity contribution in [2.24, 2.45) is 10.9 Å². The van der Waals surface area contributed by atoms with Crippen molar-refractivity contribution in [1.82, 2.24) is 4.57 Å². The number of para-hydroxylation sites is 1. The highest BCUT2D eigenvalue weighted by molar-refractivity contribution is 8.06. The zero-order valence-electron chi connectivity index (χ0n) is 18.7. The van der Waals surface area contributed by atoms with E-state index < -0.39 is 8.07 Å². The van der Waals surface area contributed by atoms with Crippen molar-refractivity contribution in [1.29, 1.82) is 5.26 Å². The number of thioether (sulfide) groups is 1. The van der Waals surface area contributed by atoms with Crippen LogP contribution in [0.5, 0.6) is 0 Å². The fraction of sp³-hybridized carbons (Fsp3) is 0.320. The number of nitriles is 1. The average molecular weight is 442 g/mol. The molecule has 0 aliphatic carbocycles. The minimum Gasteiger partial charge on any atom is -0.311 e. The summed E-state index contributed by atoms with van der Waals surface area (Å²) in [4.78, 5) is 4.96. The second kappa shape index (κ2) is 5.99. The predicted molar refractivity (Wildman–Crippen MR) is 134 cm³/mol. The number of hydrogen-bond acceptors (Lipinski definition) is 3. The van der Waals surface area contributed by atoms with Crippen molar-refractivity contribution in [3.63, 3.8) is 0 Å². The molecule has 3 aliphatic rings. The molecule has 3 aromatic rings. The van der Waals surface area contributed by atoms with Crippen LogP contribution in [0.4, 0.5) is 0 Å². The standard InChI is InChI=1S/C25H25N4SSi/c1-13-14(2)18-21-20-23(25(31(4,5)6)30-24(20)27-12-28(21)3)29-17-10-8-7-9-15(17)19(22(18)29)16(13)11-26/h7-10,12,20,24H,1-6H3/q+1. The van der Waals surface area contributed by atoms with Gasteiger partial charge in [0, 0.05) is 22.0 Å². The largest absolute Gasteiger partial charge is 0.311 e. The highest BCUT2D eigenvalue weighted by atomic mass is 32.2. The van der Waals surface area contributed by atoms with Crippen LogP contribution in [0.1, 0.15) is 22.3 Å². The van der Waals surface area contributed by atoms with E-state index in [0.29, 0.717) is 0 Å². The number of nitrogens with zero attached hydrogens (tertiary/aromatic N) is 4. The van der Waals surface area contributed by atoms with Gasteiger partial charge in [-0.3, -0.25) is 0 Å². The predicted octanol–water partition coefficient (Wildman–Crippen LogP) is 5.51. The van der Waals surface area contributed by atoms with Crippen molar-refractivity contribution in [2.75, 3.05) is 7.05 Å². The molecule has 0 radical (unpaired) electrons. The summed E-state index contributed by atoms with van der Waals surface area (Å²) in [5.74, 6) is 0.249. The fourth-order valence-electron chi connectivity index (χ4n) is 5.66. The fourth-order valence-corrected chi connectivity index (χ4v) is 9.56. The van der Waals surface area contributed by atoms with Crippen LogP contribution in [0.25, 0.3) is 27.5 Å². The summed E-state index contributed by atoms with van der Waals surface area (Å²) in [6, 6.07) is 11.2. The van der Waals surface area contributed by atoms with Gasteiger partial charge in [-0.05, 0) is 35.6 Å². The van der Waals surface area contributed by atoms with Gasteiger partial charge in [-0.2, -0.15) is 5.26 Å². The first-order valence-corrected chi connectivity index (χ1v) is 15.1. The van der Waals surface area contributed by atoms with Crippen molar-refractivity contribution in [2.45, 2.75) is 38.9 Å². The molecule has 0 saturated carbocycles. The number of hydrogen-bond donors (Lipinski definition) is 0. The van der Waals surface area contributed by atoms with Crippen molar-refractivity contribution in [3.05, 3.63) is 51.0 Å². The van der Waals surface area contributed by atoms with Gasteiger partial charge in [0.15, 0.2) is 0 Å². The minimum absolute atomic E-state index is 0.197. The summed E-state index contributed by atoms with van der Waals surface area (Å²) in [7, 11) is 0.518. The first-order chi connectivity index (χ1) is 14.8. The number of aliphatic imine (C=N–C) groups is 1. The van der Waals surface area contributed by atoms with Gasteiger partial charge >= 0.3 is 0 Å². The molecule has 6 heteroatoms. The van der Waals surface area contributed by atoms with E-state index in [4.69, 9.17) is 4.99 Å². The molecular weight excluding hydrogens is 416 g/mol. The molecule has 154 valence electrons. The van der Waals surface area contributed by atoms with Gasteiger partial charge in [0.05, 0.1) is 31.7 Å². The number of aromatic nitrogens is 1. The second-order valence-corrected chi connectivity index (χ2v) is 16.4. The molecule has 6 rings (SSSR count). The summed E-state index contributed by atoms with van der Waals surface area (Å²) in [5, 5.41) is 12.7.